The molecule has 8 heteroatoms. The lowest BCUT2D eigenvalue weighted by molar-refractivity contribution is -0.116. The zero-order valence-electron chi connectivity index (χ0n) is 17.5. The van der Waals surface area contributed by atoms with Crippen LogP contribution >= 0.6 is 11.3 Å². The van der Waals surface area contributed by atoms with Gasteiger partial charge in [0, 0.05) is 35.3 Å². The number of rotatable bonds is 8. The van der Waals surface area contributed by atoms with Gasteiger partial charge in [0.25, 0.3) is 0 Å². The number of aryl methyl sites for hydroxylation is 1. The molecule has 0 atom stereocenters. The molecule has 0 aliphatic rings. The van der Waals surface area contributed by atoms with Gasteiger partial charge in [0.1, 0.15) is 17.2 Å². The number of imidazole rings is 1. The van der Waals surface area contributed by atoms with Crippen molar-refractivity contribution in [1.29, 1.82) is 0 Å². The number of carbonyl (C=O) groups excluding carboxylic acids is 1. The van der Waals surface area contributed by atoms with E-state index >= 15 is 0 Å². The van der Waals surface area contributed by atoms with E-state index in [0.29, 0.717) is 30.0 Å². The van der Waals surface area contributed by atoms with E-state index in [0.717, 1.165) is 27.7 Å². The smallest absolute Gasteiger partial charge is 0.224 e. The number of methoxy groups -OCH3 is 3. The molecule has 0 fully saturated rings. The average molecular weight is 438 g/mol. The summed E-state index contributed by atoms with van der Waals surface area (Å²) in [7, 11) is 4.80. The Labute approximate surface area is 184 Å². The average Bonchev–Trinajstić information content (AvgIpc) is 3.39. The minimum atomic E-state index is -0.0959. The second-order valence-corrected chi connectivity index (χ2v) is 7.69. The molecule has 0 saturated heterocycles. The maximum Gasteiger partial charge on any atom is 0.224 e. The maximum absolute atomic E-state index is 12.6. The van der Waals surface area contributed by atoms with Gasteiger partial charge in [0.05, 0.1) is 32.7 Å². The fourth-order valence-electron chi connectivity index (χ4n) is 3.28. The monoisotopic (exact) mass is 437 g/mol. The van der Waals surface area contributed by atoms with Crippen LogP contribution in [0, 0.1) is 0 Å². The van der Waals surface area contributed by atoms with Crippen LogP contribution in [0.1, 0.15) is 12.1 Å². The fraction of sp³-hybridized carbons (Fsp3) is 0.217. The highest BCUT2D eigenvalue weighted by molar-refractivity contribution is 7.15. The molecule has 4 rings (SSSR count). The van der Waals surface area contributed by atoms with Crippen LogP contribution in [-0.4, -0.2) is 36.6 Å². The summed E-state index contributed by atoms with van der Waals surface area (Å²) >= 11 is 1.56. The first kappa shape index (κ1) is 20.7. The van der Waals surface area contributed by atoms with Crippen LogP contribution in [-0.2, 0) is 11.2 Å². The van der Waals surface area contributed by atoms with Crippen LogP contribution < -0.4 is 19.5 Å². The SMILES string of the molecule is COc1ccc(-c2cn3c(CCC(=O)Nc4cc(OC)ccc4OC)csc3n2)cc1. The van der Waals surface area contributed by atoms with E-state index in [-0.39, 0.29) is 5.91 Å². The Morgan fingerprint density at radius 1 is 1.03 bits per heavy atom. The van der Waals surface area contributed by atoms with Gasteiger partial charge in [-0.1, -0.05) is 0 Å². The number of anilines is 1. The lowest BCUT2D eigenvalue weighted by Crippen LogP contribution is -2.13. The predicted molar refractivity (Wildman–Crippen MR) is 122 cm³/mol. The molecule has 1 amide bonds. The van der Waals surface area contributed by atoms with Crippen molar-refractivity contribution in [2.75, 3.05) is 26.6 Å². The van der Waals surface area contributed by atoms with E-state index in [1.165, 1.54) is 0 Å². The summed E-state index contributed by atoms with van der Waals surface area (Å²) in [6, 6.07) is 13.1. The van der Waals surface area contributed by atoms with Crippen LogP contribution in [0.5, 0.6) is 17.2 Å². The molecule has 0 saturated carbocycles. The minimum Gasteiger partial charge on any atom is -0.497 e. The fourth-order valence-corrected chi connectivity index (χ4v) is 4.18. The summed E-state index contributed by atoms with van der Waals surface area (Å²) in [5.41, 5.74) is 3.54. The summed E-state index contributed by atoms with van der Waals surface area (Å²) in [6.07, 6.45) is 2.94. The van der Waals surface area contributed by atoms with E-state index in [1.807, 2.05) is 40.2 Å². The summed E-state index contributed by atoms with van der Waals surface area (Å²) in [6.45, 7) is 0. The molecule has 0 radical (unpaired) electrons. The number of nitrogens with one attached hydrogen (secondary N) is 1. The molecule has 2 heterocycles. The number of hydrogen-bond acceptors (Lipinski definition) is 6. The van der Waals surface area contributed by atoms with Crippen molar-refractivity contribution < 1.29 is 19.0 Å². The molecule has 160 valence electrons. The van der Waals surface area contributed by atoms with E-state index in [1.54, 1.807) is 50.9 Å². The molecule has 0 spiro atoms. The lowest BCUT2D eigenvalue weighted by Gasteiger charge is -2.11. The van der Waals surface area contributed by atoms with Crippen LogP contribution in [0.15, 0.2) is 54.0 Å². The lowest BCUT2D eigenvalue weighted by atomic mass is 10.1. The molecule has 2 aromatic carbocycles. The molecule has 0 aliphatic heterocycles. The van der Waals surface area contributed by atoms with Gasteiger partial charge in [-0.15, -0.1) is 11.3 Å². The van der Waals surface area contributed by atoms with Gasteiger partial charge in [-0.05, 0) is 42.8 Å². The van der Waals surface area contributed by atoms with Crippen molar-refractivity contribution in [3.05, 3.63) is 59.7 Å². The molecule has 1 N–H and O–H groups in total. The number of ether oxygens (including phenoxy) is 3. The number of fused-ring (bicyclic) bond motifs is 1. The molecular weight excluding hydrogens is 414 g/mol. The van der Waals surface area contributed by atoms with E-state index in [2.05, 4.69) is 5.32 Å². The van der Waals surface area contributed by atoms with Gasteiger partial charge < -0.3 is 19.5 Å². The predicted octanol–water partition coefficient (Wildman–Crippen LogP) is 4.66. The van der Waals surface area contributed by atoms with Crippen molar-refractivity contribution in [3.63, 3.8) is 0 Å². The number of carbonyl (C=O) groups is 1. The molecule has 0 bridgehead atoms. The van der Waals surface area contributed by atoms with Crippen molar-refractivity contribution in [2.24, 2.45) is 0 Å². The zero-order chi connectivity index (χ0) is 21.8. The molecule has 31 heavy (non-hydrogen) atoms. The third-order valence-electron chi connectivity index (χ3n) is 4.96. The summed E-state index contributed by atoms with van der Waals surface area (Å²) in [5, 5.41) is 4.95. The standard InChI is InChI=1S/C23H23N3O4S/c1-28-17-7-4-15(5-8-17)20-13-26-16(14-31-23(26)25-20)6-11-22(27)24-19-12-18(29-2)9-10-21(19)30-3/h4-5,7-10,12-14H,6,11H2,1-3H3,(H,24,27). The first-order chi connectivity index (χ1) is 15.1. The number of hydrogen-bond donors (Lipinski definition) is 1. The molecule has 4 aromatic rings. The number of amides is 1. The number of aromatic nitrogens is 2. The van der Waals surface area contributed by atoms with Gasteiger partial charge in [-0.2, -0.15) is 0 Å². The normalized spacial score (nSPS) is 10.8. The Hall–Kier alpha value is -3.52. The highest BCUT2D eigenvalue weighted by Crippen LogP contribution is 2.29. The molecular formula is C23H23N3O4S. The molecule has 0 unspecified atom stereocenters. The summed E-state index contributed by atoms with van der Waals surface area (Å²) in [4.78, 5) is 18.2. The summed E-state index contributed by atoms with van der Waals surface area (Å²) < 4.78 is 17.8. The van der Waals surface area contributed by atoms with Gasteiger partial charge in [-0.3, -0.25) is 9.20 Å². The third kappa shape index (κ3) is 4.49. The van der Waals surface area contributed by atoms with E-state index in [4.69, 9.17) is 19.2 Å². The highest BCUT2D eigenvalue weighted by Gasteiger charge is 2.13. The number of benzene rings is 2. The van der Waals surface area contributed by atoms with Crippen LogP contribution in [0.4, 0.5) is 5.69 Å². The Balaban J connectivity index is 1.45. The zero-order valence-corrected chi connectivity index (χ0v) is 18.4. The maximum atomic E-state index is 12.6. The van der Waals surface area contributed by atoms with Crippen molar-refractivity contribution in [2.45, 2.75) is 12.8 Å². The Morgan fingerprint density at radius 3 is 2.48 bits per heavy atom. The van der Waals surface area contributed by atoms with Crippen LogP contribution in [0.2, 0.25) is 0 Å². The first-order valence-electron chi connectivity index (χ1n) is 9.73. The second-order valence-electron chi connectivity index (χ2n) is 6.85. The Kier molecular flexibility index (Phi) is 6.08. The third-order valence-corrected chi connectivity index (χ3v) is 5.85. The van der Waals surface area contributed by atoms with Crippen molar-refractivity contribution >= 4 is 27.9 Å². The van der Waals surface area contributed by atoms with Crippen LogP contribution in [0.3, 0.4) is 0 Å². The number of nitrogens with zero attached hydrogens (tertiary/aromatic N) is 2. The van der Waals surface area contributed by atoms with Gasteiger partial charge >= 0.3 is 0 Å². The van der Waals surface area contributed by atoms with Crippen LogP contribution in [0.25, 0.3) is 16.2 Å². The van der Waals surface area contributed by atoms with E-state index in [9.17, 15) is 4.79 Å². The minimum absolute atomic E-state index is 0.0959. The van der Waals surface area contributed by atoms with Crippen molar-refractivity contribution in [1.82, 2.24) is 9.38 Å². The Morgan fingerprint density at radius 2 is 1.77 bits per heavy atom. The topological polar surface area (TPSA) is 74.1 Å². The highest BCUT2D eigenvalue weighted by atomic mass is 32.1. The first-order valence-corrected chi connectivity index (χ1v) is 10.6. The molecule has 0 aliphatic carbocycles. The van der Waals surface area contributed by atoms with Gasteiger partial charge in [0.2, 0.25) is 5.91 Å². The second kappa shape index (κ2) is 9.09. The molecule has 7 nitrogen and oxygen atoms in total. The Bertz CT molecular complexity index is 1200. The molecule has 2 aromatic heterocycles. The van der Waals surface area contributed by atoms with Gasteiger partial charge in [-0.25, -0.2) is 4.98 Å². The number of thiazole rings is 1. The summed E-state index contributed by atoms with van der Waals surface area (Å²) in [5.74, 6) is 1.96. The van der Waals surface area contributed by atoms with Crippen molar-refractivity contribution in [3.8, 4) is 28.5 Å². The van der Waals surface area contributed by atoms with Gasteiger partial charge in [0.15, 0.2) is 4.96 Å². The quantitative estimate of drug-likeness (QED) is 0.434. The largest absolute Gasteiger partial charge is 0.497 e. The van der Waals surface area contributed by atoms with E-state index < -0.39 is 0 Å².